The summed E-state index contributed by atoms with van der Waals surface area (Å²) in [6, 6.07) is 11.0. The number of methoxy groups -OCH3 is 2. The summed E-state index contributed by atoms with van der Waals surface area (Å²) < 4.78 is 10.6. The summed E-state index contributed by atoms with van der Waals surface area (Å²) in [6.45, 7) is 0. The third-order valence-electron chi connectivity index (χ3n) is 4.72. The van der Waals surface area contributed by atoms with Crippen LogP contribution in [0.4, 0.5) is 11.4 Å². The molecular weight excluding hydrogens is 330 g/mol. The van der Waals surface area contributed by atoms with E-state index in [0.717, 1.165) is 16.8 Å². The SMILES string of the molecule is COc1cc2c(cc1OC)C(=O)N1C=C(c3ccc(N)cc3)C[C@H]1C=N2. The van der Waals surface area contributed by atoms with Crippen molar-refractivity contribution in [2.45, 2.75) is 12.5 Å². The van der Waals surface area contributed by atoms with E-state index in [4.69, 9.17) is 15.2 Å². The predicted octanol–water partition coefficient (Wildman–Crippen LogP) is 3.26. The first kappa shape index (κ1) is 16.2. The number of nitrogens with two attached hydrogens (primary N) is 1. The van der Waals surface area contributed by atoms with E-state index in [1.54, 1.807) is 31.3 Å². The first-order valence-electron chi connectivity index (χ1n) is 8.30. The van der Waals surface area contributed by atoms with Crippen LogP contribution in [0.3, 0.4) is 0 Å². The van der Waals surface area contributed by atoms with Crippen LogP contribution in [0.25, 0.3) is 5.57 Å². The summed E-state index contributed by atoms with van der Waals surface area (Å²) in [5.74, 6) is 0.959. The van der Waals surface area contributed by atoms with Crippen molar-refractivity contribution in [1.29, 1.82) is 0 Å². The number of aliphatic imine (C=N–C) groups is 1. The first-order valence-corrected chi connectivity index (χ1v) is 8.30. The van der Waals surface area contributed by atoms with Gasteiger partial charge in [0.05, 0.1) is 31.5 Å². The summed E-state index contributed by atoms with van der Waals surface area (Å²) in [7, 11) is 3.11. The van der Waals surface area contributed by atoms with Crippen LogP contribution < -0.4 is 15.2 Å². The number of amides is 1. The number of carbonyl (C=O) groups is 1. The lowest BCUT2D eigenvalue weighted by molar-refractivity contribution is 0.0817. The minimum atomic E-state index is -0.112. The summed E-state index contributed by atoms with van der Waals surface area (Å²) in [4.78, 5) is 19.4. The van der Waals surface area contributed by atoms with Gasteiger partial charge in [-0.2, -0.15) is 0 Å². The molecule has 2 heterocycles. The monoisotopic (exact) mass is 349 g/mol. The van der Waals surface area contributed by atoms with Crippen molar-refractivity contribution in [3.05, 3.63) is 53.7 Å². The van der Waals surface area contributed by atoms with E-state index in [0.29, 0.717) is 29.2 Å². The Kier molecular flexibility index (Phi) is 3.88. The third-order valence-corrected chi connectivity index (χ3v) is 4.72. The molecule has 4 rings (SSSR count). The molecule has 2 aliphatic rings. The maximum Gasteiger partial charge on any atom is 0.260 e. The van der Waals surface area contributed by atoms with Crippen LogP contribution in [0.15, 0.2) is 47.6 Å². The Morgan fingerprint density at radius 1 is 1.12 bits per heavy atom. The molecule has 6 heteroatoms. The Balaban J connectivity index is 1.73. The van der Waals surface area contributed by atoms with Crippen LogP contribution in [0.5, 0.6) is 11.5 Å². The highest BCUT2D eigenvalue weighted by molar-refractivity contribution is 6.05. The van der Waals surface area contributed by atoms with E-state index in [1.807, 2.05) is 36.7 Å². The van der Waals surface area contributed by atoms with Crippen molar-refractivity contribution >= 4 is 29.1 Å². The quantitative estimate of drug-likeness (QED) is 0.863. The Morgan fingerprint density at radius 3 is 2.50 bits per heavy atom. The van der Waals surface area contributed by atoms with E-state index < -0.39 is 0 Å². The molecule has 132 valence electrons. The lowest BCUT2D eigenvalue weighted by atomic mass is 10.0. The van der Waals surface area contributed by atoms with Gasteiger partial charge >= 0.3 is 0 Å². The topological polar surface area (TPSA) is 77.2 Å². The zero-order chi connectivity index (χ0) is 18.3. The van der Waals surface area contributed by atoms with Gasteiger partial charge in [0.25, 0.3) is 5.91 Å². The highest BCUT2D eigenvalue weighted by Crippen LogP contribution is 2.39. The van der Waals surface area contributed by atoms with Gasteiger partial charge in [-0.05, 0) is 29.3 Å². The molecule has 0 spiro atoms. The number of benzene rings is 2. The number of hydrogen-bond donors (Lipinski definition) is 1. The van der Waals surface area contributed by atoms with Crippen molar-refractivity contribution in [2.75, 3.05) is 20.0 Å². The van der Waals surface area contributed by atoms with Gasteiger partial charge in [-0.15, -0.1) is 0 Å². The predicted molar refractivity (Wildman–Crippen MR) is 101 cm³/mol. The second-order valence-electron chi connectivity index (χ2n) is 6.26. The number of carbonyl (C=O) groups excluding carboxylic acids is 1. The number of ether oxygens (including phenoxy) is 2. The summed E-state index contributed by atoms with van der Waals surface area (Å²) in [5, 5.41) is 0. The lowest BCUT2D eigenvalue weighted by Gasteiger charge is -2.18. The van der Waals surface area contributed by atoms with Gasteiger partial charge in [-0.3, -0.25) is 9.79 Å². The number of hydrogen-bond acceptors (Lipinski definition) is 5. The fourth-order valence-electron chi connectivity index (χ4n) is 3.32. The standard InChI is InChI=1S/C20H19N3O3/c1-25-18-8-16-17(9-19(18)26-2)22-10-15-7-13(11-23(15)20(16)24)12-3-5-14(21)6-4-12/h3-6,8-11,15H,7,21H2,1-2H3/t15-/m0/s1. The lowest BCUT2D eigenvalue weighted by Crippen LogP contribution is -2.32. The molecule has 6 nitrogen and oxygen atoms in total. The highest BCUT2D eigenvalue weighted by Gasteiger charge is 2.33. The first-order chi connectivity index (χ1) is 12.6. The largest absolute Gasteiger partial charge is 0.493 e. The van der Waals surface area contributed by atoms with Crippen molar-refractivity contribution in [3.8, 4) is 11.5 Å². The number of nitrogens with zero attached hydrogens (tertiary/aromatic N) is 2. The van der Waals surface area contributed by atoms with Gasteiger partial charge in [-0.25, -0.2) is 0 Å². The summed E-state index contributed by atoms with van der Waals surface area (Å²) >= 11 is 0. The average Bonchev–Trinajstić information content (AvgIpc) is 3.05. The molecule has 0 bridgehead atoms. The molecule has 2 aliphatic heterocycles. The van der Waals surface area contributed by atoms with Crippen LogP contribution in [0.2, 0.25) is 0 Å². The van der Waals surface area contributed by atoms with E-state index in [9.17, 15) is 4.79 Å². The van der Waals surface area contributed by atoms with Gasteiger partial charge in [-0.1, -0.05) is 12.1 Å². The van der Waals surface area contributed by atoms with Gasteiger partial charge in [0.15, 0.2) is 11.5 Å². The highest BCUT2D eigenvalue weighted by atomic mass is 16.5. The molecule has 0 aromatic heterocycles. The van der Waals surface area contributed by atoms with Crippen LogP contribution in [0.1, 0.15) is 22.3 Å². The van der Waals surface area contributed by atoms with Crippen LogP contribution >= 0.6 is 0 Å². The molecule has 2 aromatic rings. The number of fused-ring (bicyclic) bond motifs is 2. The van der Waals surface area contributed by atoms with E-state index >= 15 is 0 Å². The number of rotatable bonds is 3. The second-order valence-corrected chi connectivity index (χ2v) is 6.26. The maximum atomic E-state index is 13.1. The number of anilines is 1. The van der Waals surface area contributed by atoms with Gasteiger partial charge in [0, 0.05) is 30.6 Å². The Morgan fingerprint density at radius 2 is 1.81 bits per heavy atom. The van der Waals surface area contributed by atoms with Crippen molar-refractivity contribution in [2.24, 2.45) is 4.99 Å². The zero-order valence-electron chi connectivity index (χ0n) is 14.6. The zero-order valence-corrected chi connectivity index (χ0v) is 14.6. The van der Waals surface area contributed by atoms with Crippen molar-refractivity contribution < 1.29 is 14.3 Å². The maximum absolute atomic E-state index is 13.1. The smallest absolute Gasteiger partial charge is 0.260 e. The van der Waals surface area contributed by atoms with E-state index in [-0.39, 0.29) is 11.9 Å². The minimum Gasteiger partial charge on any atom is -0.493 e. The molecule has 0 radical (unpaired) electrons. The molecule has 26 heavy (non-hydrogen) atoms. The minimum absolute atomic E-state index is 0.103. The van der Waals surface area contributed by atoms with Gasteiger partial charge < -0.3 is 20.1 Å². The van der Waals surface area contributed by atoms with Crippen LogP contribution in [-0.2, 0) is 0 Å². The number of nitrogen functional groups attached to an aromatic ring is 1. The van der Waals surface area contributed by atoms with Crippen molar-refractivity contribution in [1.82, 2.24) is 4.90 Å². The molecule has 0 aliphatic carbocycles. The summed E-state index contributed by atoms with van der Waals surface area (Å²) in [5.41, 5.74) is 9.70. The molecule has 0 saturated carbocycles. The molecule has 0 fully saturated rings. The van der Waals surface area contributed by atoms with Gasteiger partial charge in [0.2, 0.25) is 0 Å². The Labute approximate surface area is 151 Å². The average molecular weight is 349 g/mol. The Hall–Kier alpha value is -3.28. The van der Waals surface area contributed by atoms with E-state index in [2.05, 4.69) is 4.99 Å². The van der Waals surface area contributed by atoms with Crippen LogP contribution in [-0.4, -0.2) is 37.3 Å². The van der Waals surface area contributed by atoms with Gasteiger partial charge in [0.1, 0.15) is 0 Å². The van der Waals surface area contributed by atoms with Crippen LogP contribution in [0, 0.1) is 0 Å². The molecule has 0 unspecified atom stereocenters. The normalized spacial score (nSPS) is 18.1. The fourth-order valence-corrected chi connectivity index (χ4v) is 3.32. The van der Waals surface area contributed by atoms with E-state index in [1.165, 1.54) is 0 Å². The second kappa shape index (κ2) is 6.22. The molecule has 2 N–H and O–H groups in total. The van der Waals surface area contributed by atoms with Crippen molar-refractivity contribution in [3.63, 3.8) is 0 Å². The third kappa shape index (κ3) is 2.60. The molecule has 2 aromatic carbocycles. The molecule has 1 amide bonds. The molecular formula is C20H19N3O3. The summed E-state index contributed by atoms with van der Waals surface area (Å²) in [6.07, 6.45) is 4.42. The molecule has 0 saturated heterocycles. The fraction of sp³-hybridized carbons (Fsp3) is 0.200. The Bertz CT molecular complexity index is 932. The molecule has 1 atom stereocenters.